The highest BCUT2D eigenvalue weighted by molar-refractivity contribution is 7.27. The maximum Gasteiger partial charge on any atom is 0.135 e. The van der Waals surface area contributed by atoms with Crippen molar-refractivity contribution in [1.82, 2.24) is 4.98 Å². The number of aromatic nitrogens is 1. The minimum absolute atomic E-state index is 0.890. The number of hydrogen-bond donors (Lipinski definition) is 0. The van der Waals surface area contributed by atoms with Crippen molar-refractivity contribution >= 4 is 103 Å². The number of thiophene rings is 1. The van der Waals surface area contributed by atoms with Gasteiger partial charge in [0.05, 0.1) is 10.2 Å². The lowest BCUT2D eigenvalue weighted by Crippen LogP contribution is -2.10. The van der Waals surface area contributed by atoms with E-state index in [0.717, 1.165) is 60.7 Å². The van der Waals surface area contributed by atoms with Gasteiger partial charge in [0.15, 0.2) is 0 Å². The van der Waals surface area contributed by atoms with Gasteiger partial charge in [-0.2, -0.15) is 0 Å². The van der Waals surface area contributed by atoms with Crippen LogP contribution in [0.15, 0.2) is 223 Å². The van der Waals surface area contributed by atoms with Crippen molar-refractivity contribution in [1.29, 1.82) is 0 Å². The molecular formula is C59H36N2OS2. The second kappa shape index (κ2) is 14.9. The molecule has 13 aromatic rings. The monoisotopic (exact) mass is 852 g/mol. The highest BCUT2D eigenvalue weighted by Crippen LogP contribution is 2.48. The van der Waals surface area contributed by atoms with Crippen LogP contribution < -0.4 is 4.90 Å². The molecule has 0 saturated carbocycles. The molecule has 3 aromatic heterocycles. The molecule has 5 heteroatoms. The summed E-state index contributed by atoms with van der Waals surface area (Å²) in [5, 5.41) is 8.17. The molecule has 0 radical (unpaired) electrons. The van der Waals surface area contributed by atoms with Crippen molar-refractivity contribution in [2.24, 2.45) is 0 Å². The lowest BCUT2D eigenvalue weighted by molar-refractivity contribution is 0.669. The van der Waals surface area contributed by atoms with Crippen LogP contribution >= 0.6 is 22.7 Å². The van der Waals surface area contributed by atoms with Crippen LogP contribution in [0.5, 0.6) is 0 Å². The van der Waals surface area contributed by atoms with Crippen LogP contribution in [0.25, 0.3) is 107 Å². The van der Waals surface area contributed by atoms with E-state index in [9.17, 15) is 0 Å². The van der Waals surface area contributed by atoms with E-state index in [1.54, 1.807) is 11.3 Å². The number of benzene rings is 10. The Morgan fingerprint density at radius 2 is 1.02 bits per heavy atom. The number of anilines is 3. The molecule has 10 aromatic carbocycles. The van der Waals surface area contributed by atoms with E-state index in [0.29, 0.717) is 0 Å². The smallest absolute Gasteiger partial charge is 0.135 e. The van der Waals surface area contributed by atoms with Crippen molar-refractivity contribution in [2.75, 3.05) is 4.90 Å². The fourth-order valence-corrected chi connectivity index (χ4v) is 11.6. The second-order valence-electron chi connectivity index (χ2n) is 16.3. The number of rotatable bonds is 7. The molecule has 3 heterocycles. The van der Waals surface area contributed by atoms with Gasteiger partial charge in [0, 0.05) is 59.1 Å². The summed E-state index contributed by atoms with van der Waals surface area (Å²) >= 11 is 3.61. The van der Waals surface area contributed by atoms with Gasteiger partial charge in [0.2, 0.25) is 0 Å². The zero-order valence-electron chi connectivity index (χ0n) is 34.4. The molecule has 0 amide bonds. The first kappa shape index (κ1) is 36.8. The summed E-state index contributed by atoms with van der Waals surface area (Å²) in [4.78, 5) is 7.82. The van der Waals surface area contributed by atoms with E-state index < -0.39 is 0 Å². The molecule has 0 N–H and O–H groups in total. The van der Waals surface area contributed by atoms with Crippen molar-refractivity contribution in [2.45, 2.75) is 0 Å². The van der Waals surface area contributed by atoms with Crippen LogP contribution in [0.4, 0.5) is 17.1 Å². The predicted octanol–water partition coefficient (Wildman–Crippen LogP) is 17.9. The van der Waals surface area contributed by atoms with Gasteiger partial charge >= 0.3 is 0 Å². The highest BCUT2D eigenvalue weighted by Gasteiger charge is 2.21. The molecule has 0 fully saturated rings. The van der Waals surface area contributed by atoms with Gasteiger partial charge in [-0.25, -0.2) is 4.98 Å². The third kappa shape index (κ3) is 6.20. The van der Waals surface area contributed by atoms with Crippen molar-refractivity contribution in [3.05, 3.63) is 218 Å². The van der Waals surface area contributed by atoms with Crippen molar-refractivity contribution < 1.29 is 4.42 Å². The summed E-state index contributed by atoms with van der Waals surface area (Å²) < 4.78 is 9.86. The summed E-state index contributed by atoms with van der Waals surface area (Å²) in [5.74, 6) is 0. The van der Waals surface area contributed by atoms with Gasteiger partial charge in [0.1, 0.15) is 16.2 Å². The third-order valence-electron chi connectivity index (χ3n) is 12.5. The quantitative estimate of drug-likeness (QED) is 0.160. The standard InChI is InChI=1S/C59H36N2OS2/c1-2-12-37(13-3-1)41-16-10-18-46(33-41)61(45-29-26-39(27-30-45)42-25-24-38-14-4-5-15-40(38)32-42)47-19-11-17-43(34-47)50-36-55-57(56-49-21-7-9-23-54(49)63-58(50)56)60-59(64-55)44-28-31-53-51(35-44)48-20-6-8-22-52(48)62-53/h1-36H. The Morgan fingerprint density at radius 1 is 0.375 bits per heavy atom. The van der Waals surface area contributed by atoms with E-state index in [2.05, 4.69) is 211 Å². The molecule has 64 heavy (non-hydrogen) atoms. The maximum atomic E-state index is 6.19. The SMILES string of the molecule is c1ccc(-c2cccc(N(c3ccc(-c4ccc5ccccc5c4)cc3)c3cccc(-c4cc5sc(-c6ccc7oc8ccccc8c7c6)nc5c5c4sc4ccccc45)c3)c2)cc1. The van der Waals surface area contributed by atoms with E-state index in [4.69, 9.17) is 9.40 Å². The van der Waals surface area contributed by atoms with Crippen LogP contribution in [0.3, 0.4) is 0 Å². The number of nitrogens with zero attached hydrogens (tertiary/aromatic N) is 2. The Hall–Kier alpha value is -7.83. The molecular weight excluding hydrogens is 817 g/mol. The molecule has 300 valence electrons. The molecule has 0 saturated heterocycles. The zero-order chi connectivity index (χ0) is 42.1. The Bertz CT molecular complexity index is 3920. The number of fused-ring (bicyclic) bond motifs is 9. The van der Waals surface area contributed by atoms with Gasteiger partial charge < -0.3 is 9.32 Å². The molecule has 0 atom stereocenters. The first-order chi connectivity index (χ1) is 31.7. The van der Waals surface area contributed by atoms with Gasteiger partial charge in [-0.05, 0) is 117 Å². The Morgan fingerprint density at radius 3 is 1.88 bits per heavy atom. The third-order valence-corrected chi connectivity index (χ3v) is 14.7. The Labute approximate surface area is 377 Å². The molecule has 0 aliphatic heterocycles. The average molecular weight is 853 g/mol. The fourth-order valence-electron chi connectivity index (χ4n) is 9.36. The first-order valence-corrected chi connectivity index (χ1v) is 23.1. The largest absolute Gasteiger partial charge is 0.456 e. The minimum Gasteiger partial charge on any atom is -0.456 e. The van der Waals surface area contributed by atoms with E-state index in [1.807, 2.05) is 23.5 Å². The highest BCUT2D eigenvalue weighted by atomic mass is 32.1. The lowest BCUT2D eigenvalue weighted by atomic mass is 9.99. The fraction of sp³-hybridized carbons (Fsp3) is 0. The van der Waals surface area contributed by atoms with Gasteiger partial charge in [-0.15, -0.1) is 22.7 Å². The van der Waals surface area contributed by atoms with Crippen LogP contribution in [-0.2, 0) is 0 Å². The summed E-state index contributed by atoms with van der Waals surface area (Å²) in [6.45, 7) is 0. The average Bonchev–Trinajstić information content (AvgIpc) is 4.08. The molecule has 3 nitrogen and oxygen atoms in total. The molecule has 0 unspecified atom stereocenters. The summed E-state index contributed by atoms with van der Waals surface area (Å²) in [6, 6.07) is 78.7. The summed E-state index contributed by atoms with van der Waals surface area (Å²) in [7, 11) is 0. The lowest BCUT2D eigenvalue weighted by Gasteiger charge is -2.27. The normalized spacial score (nSPS) is 11.8. The molecule has 13 rings (SSSR count). The number of thiazole rings is 1. The second-order valence-corrected chi connectivity index (χ2v) is 18.4. The maximum absolute atomic E-state index is 6.19. The van der Waals surface area contributed by atoms with Gasteiger partial charge in [0.25, 0.3) is 0 Å². The topological polar surface area (TPSA) is 29.3 Å². The number of para-hydroxylation sites is 1. The Balaban J connectivity index is 0.964. The van der Waals surface area contributed by atoms with Crippen LogP contribution in [-0.4, -0.2) is 4.98 Å². The van der Waals surface area contributed by atoms with Crippen LogP contribution in [0, 0.1) is 0 Å². The van der Waals surface area contributed by atoms with Gasteiger partial charge in [-0.3, -0.25) is 0 Å². The predicted molar refractivity (Wildman–Crippen MR) is 274 cm³/mol. The van der Waals surface area contributed by atoms with E-state index >= 15 is 0 Å². The van der Waals surface area contributed by atoms with Crippen molar-refractivity contribution in [3.63, 3.8) is 0 Å². The number of furan rings is 1. The summed E-state index contributed by atoms with van der Waals surface area (Å²) in [6.07, 6.45) is 0. The van der Waals surface area contributed by atoms with Gasteiger partial charge in [-0.1, -0.05) is 140 Å². The van der Waals surface area contributed by atoms with E-state index in [-0.39, 0.29) is 0 Å². The molecule has 0 spiro atoms. The molecule has 0 bridgehead atoms. The molecule has 0 aliphatic rings. The van der Waals surface area contributed by atoms with Crippen LogP contribution in [0.1, 0.15) is 0 Å². The van der Waals surface area contributed by atoms with Crippen LogP contribution in [0.2, 0.25) is 0 Å². The number of hydrogen-bond acceptors (Lipinski definition) is 5. The zero-order valence-corrected chi connectivity index (χ0v) is 36.0. The minimum atomic E-state index is 0.890. The Kier molecular flexibility index (Phi) is 8.58. The van der Waals surface area contributed by atoms with Crippen molar-refractivity contribution in [3.8, 4) is 44.0 Å². The summed E-state index contributed by atoms with van der Waals surface area (Å²) in [5.41, 5.74) is 14.3. The first-order valence-electron chi connectivity index (χ1n) is 21.5. The molecule has 0 aliphatic carbocycles. The van der Waals surface area contributed by atoms with E-state index in [1.165, 1.54) is 63.5 Å².